The molecule has 1 fully saturated rings. The Balaban J connectivity index is 1.54. The van der Waals surface area contributed by atoms with Gasteiger partial charge in [-0.2, -0.15) is 0 Å². The van der Waals surface area contributed by atoms with Crippen LogP contribution in [0.1, 0.15) is 22.1 Å². The van der Waals surface area contributed by atoms with Crippen molar-refractivity contribution in [3.8, 4) is 0 Å². The summed E-state index contributed by atoms with van der Waals surface area (Å²) in [4.78, 5) is 17.8. The van der Waals surface area contributed by atoms with Crippen LogP contribution in [-0.4, -0.2) is 20.4 Å². The summed E-state index contributed by atoms with van der Waals surface area (Å²) in [6.07, 6.45) is 5.71. The molecular weight excluding hydrogens is 398 g/mol. The van der Waals surface area contributed by atoms with Crippen LogP contribution in [0.5, 0.6) is 0 Å². The molecule has 1 aliphatic rings. The first-order valence-corrected chi connectivity index (χ1v) is 10.9. The van der Waals surface area contributed by atoms with E-state index in [0.717, 1.165) is 23.0 Å². The van der Waals surface area contributed by atoms with E-state index in [4.69, 9.17) is 5.41 Å². The van der Waals surface area contributed by atoms with E-state index in [1.54, 1.807) is 6.20 Å². The molecule has 0 unspecified atom stereocenters. The summed E-state index contributed by atoms with van der Waals surface area (Å²) in [6.45, 7) is 0.767. The minimum absolute atomic E-state index is 0.0326. The summed E-state index contributed by atoms with van der Waals surface area (Å²) in [5, 5.41) is 12.3. The Labute approximate surface area is 176 Å². The highest BCUT2D eigenvalue weighted by Gasteiger charge is 2.38. The number of hydrogen-bond donors (Lipinski definition) is 1. The van der Waals surface area contributed by atoms with Crippen molar-refractivity contribution in [2.24, 2.45) is 0 Å². The van der Waals surface area contributed by atoms with E-state index in [1.165, 1.54) is 28.7 Å². The Kier molecular flexibility index (Phi) is 4.66. The molecule has 2 aromatic heterocycles. The number of aromatic nitrogens is 2. The molecule has 0 aliphatic carbocycles. The first kappa shape index (κ1) is 18.1. The second-order valence-electron chi connectivity index (χ2n) is 6.86. The molecule has 5 rings (SSSR count). The van der Waals surface area contributed by atoms with Crippen molar-refractivity contribution in [1.82, 2.24) is 9.55 Å². The van der Waals surface area contributed by atoms with Gasteiger partial charge in [-0.1, -0.05) is 60.3 Å². The quantitative estimate of drug-likeness (QED) is 0.444. The topological polar surface area (TPSA) is 58.7 Å². The molecule has 4 nitrogen and oxygen atoms in total. The maximum Gasteiger partial charge on any atom is 0.186 e. The maximum atomic E-state index is 13.0. The lowest BCUT2D eigenvalue weighted by atomic mass is 10.0. The molecule has 1 saturated heterocycles. The molecule has 6 heteroatoms. The third kappa shape index (κ3) is 3.34. The fraction of sp³-hybridized carbons (Fsp3) is 0.0870. The van der Waals surface area contributed by atoms with Gasteiger partial charge in [0.15, 0.2) is 5.78 Å². The van der Waals surface area contributed by atoms with Crippen molar-refractivity contribution in [3.63, 3.8) is 0 Å². The Hall–Kier alpha value is -2.96. The molecule has 142 valence electrons. The molecule has 0 saturated carbocycles. The number of rotatable bonds is 4. The number of allylic oxidation sites excluding steroid dienone is 1. The van der Waals surface area contributed by atoms with Gasteiger partial charge in [-0.15, -0.1) is 11.3 Å². The lowest BCUT2D eigenvalue weighted by Crippen LogP contribution is -2.11. The number of hydrogen-bond acceptors (Lipinski definition) is 5. The van der Waals surface area contributed by atoms with E-state index < -0.39 is 5.92 Å². The second-order valence-corrected chi connectivity index (χ2v) is 8.87. The Bertz CT molecular complexity index is 1240. The standard InChI is InChI=1S/C23H17N3OS2/c24-22-20(23-25-10-11-28-23)21(27)19(29-22)12-16-14-26(13-15-6-2-1-3-7-15)18-9-5-4-8-17(16)18/h1-12,14,20,24H,13H2/b19-12-,24-22?/t20-/m0/s1. The predicted octanol–water partition coefficient (Wildman–Crippen LogP) is 5.56. The van der Waals surface area contributed by atoms with Gasteiger partial charge in [0, 0.05) is 40.8 Å². The smallest absolute Gasteiger partial charge is 0.186 e. The molecule has 3 heterocycles. The van der Waals surface area contributed by atoms with E-state index in [2.05, 4.69) is 40.0 Å². The van der Waals surface area contributed by atoms with Gasteiger partial charge in [-0.25, -0.2) is 4.98 Å². The maximum absolute atomic E-state index is 13.0. The SMILES string of the molecule is N=C1S/C(=C\c2cn(Cc3ccccc3)c3ccccc23)C(=O)[C@@H]1c1nccs1. The van der Waals surface area contributed by atoms with Crippen LogP contribution in [0.3, 0.4) is 0 Å². The average Bonchev–Trinajstić information content (AvgIpc) is 3.43. The summed E-state index contributed by atoms with van der Waals surface area (Å²) in [5.74, 6) is -0.584. The largest absolute Gasteiger partial charge is 0.342 e. The van der Waals surface area contributed by atoms with Crippen LogP contribution in [0.25, 0.3) is 17.0 Å². The van der Waals surface area contributed by atoms with Crippen LogP contribution in [-0.2, 0) is 11.3 Å². The van der Waals surface area contributed by atoms with Crippen molar-refractivity contribution in [2.75, 3.05) is 0 Å². The number of carbonyl (C=O) groups is 1. The zero-order valence-corrected chi connectivity index (χ0v) is 17.0. The van der Waals surface area contributed by atoms with Crippen LogP contribution in [0.4, 0.5) is 0 Å². The summed E-state index contributed by atoms with van der Waals surface area (Å²) in [5.41, 5.74) is 3.36. The molecule has 1 aliphatic heterocycles. The lowest BCUT2D eigenvalue weighted by Gasteiger charge is -2.05. The van der Waals surface area contributed by atoms with Gasteiger partial charge in [-0.05, 0) is 17.7 Å². The van der Waals surface area contributed by atoms with E-state index in [9.17, 15) is 4.79 Å². The first-order valence-electron chi connectivity index (χ1n) is 9.24. The highest BCUT2D eigenvalue weighted by molar-refractivity contribution is 8.19. The third-order valence-electron chi connectivity index (χ3n) is 4.99. The predicted molar refractivity (Wildman–Crippen MR) is 121 cm³/mol. The highest BCUT2D eigenvalue weighted by atomic mass is 32.2. The van der Waals surface area contributed by atoms with Crippen LogP contribution < -0.4 is 0 Å². The number of nitrogens with zero attached hydrogens (tertiary/aromatic N) is 2. The Morgan fingerprint density at radius 2 is 1.90 bits per heavy atom. The fourth-order valence-corrected chi connectivity index (χ4v) is 5.43. The van der Waals surface area contributed by atoms with Gasteiger partial charge in [0.2, 0.25) is 0 Å². The molecular formula is C23H17N3OS2. The fourth-order valence-electron chi connectivity index (χ4n) is 3.63. The van der Waals surface area contributed by atoms with Crippen molar-refractivity contribution in [2.45, 2.75) is 12.5 Å². The van der Waals surface area contributed by atoms with Crippen molar-refractivity contribution < 1.29 is 4.79 Å². The molecule has 1 N–H and O–H groups in total. The molecule has 0 spiro atoms. The number of thioether (sulfide) groups is 1. The first-order chi connectivity index (χ1) is 14.2. The number of ketones is 1. The number of Topliss-reactive ketones (excluding diaryl/α,β-unsaturated/α-hetero) is 1. The minimum atomic E-state index is -0.552. The van der Waals surface area contributed by atoms with Crippen molar-refractivity contribution >= 4 is 50.9 Å². The van der Waals surface area contributed by atoms with Gasteiger partial charge >= 0.3 is 0 Å². The monoisotopic (exact) mass is 415 g/mol. The third-order valence-corrected chi connectivity index (χ3v) is 6.82. The molecule has 2 aromatic carbocycles. The lowest BCUT2D eigenvalue weighted by molar-refractivity contribution is -0.114. The Morgan fingerprint density at radius 1 is 1.10 bits per heavy atom. The number of nitrogens with one attached hydrogen (secondary N) is 1. The van der Waals surface area contributed by atoms with E-state index >= 15 is 0 Å². The van der Waals surface area contributed by atoms with Gasteiger partial charge < -0.3 is 4.57 Å². The normalized spacial score (nSPS) is 18.2. The number of thiazole rings is 1. The van der Waals surface area contributed by atoms with Crippen LogP contribution in [0, 0.1) is 5.41 Å². The summed E-state index contributed by atoms with van der Waals surface area (Å²) >= 11 is 2.68. The van der Waals surface area contributed by atoms with Crippen LogP contribution in [0.2, 0.25) is 0 Å². The van der Waals surface area contributed by atoms with Crippen molar-refractivity contribution in [1.29, 1.82) is 5.41 Å². The summed E-state index contributed by atoms with van der Waals surface area (Å²) in [7, 11) is 0. The average molecular weight is 416 g/mol. The molecule has 0 radical (unpaired) electrons. The number of para-hydroxylation sites is 1. The second kappa shape index (κ2) is 7.46. The zero-order chi connectivity index (χ0) is 19.8. The van der Waals surface area contributed by atoms with Gasteiger partial charge in [0.05, 0.1) is 9.95 Å². The van der Waals surface area contributed by atoms with Gasteiger partial charge in [0.25, 0.3) is 0 Å². The molecule has 29 heavy (non-hydrogen) atoms. The van der Waals surface area contributed by atoms with Crippen LogP contribution in [0.15, 0.2) is 77.3 Å². The summed E-state index contributed by atoms with van der Waals surface area (Å²) in [6, 6.07) is 18.6. The van der Waals surface area contributed by atoms with Crippen molar-refractivity contribution in [3.05, 3.63) is 93.4 Å². The van der Waals surface area contributed by atoms with Gasteiger partial charge in [-0.3, -0.25) is 10.2 Å². The number of carbonyl (C=O) groups excluding carboxylic acids is 1. The van der Waals surface area contributed by atoms with Gasteiger partial charge in [0.1, 0.15) is 10.9 Å². The molecule has 4 aromatic rings. The molecule has 0 amide bonds. The highest BCUT2D eigenvalue weighted by Crippen LogP contribution is 2.41. The van der Waals surface area contributed by atoms with E-state index in [0.29, 0.717) is 15.0 Å². The van der Waals surface area contributed by atoms with Crippen LogP contribution >= 0.6 is 23.1 Å². The molecule has 1 atom stereocenters. The summed E-state index contributed by atoms with van der Waals surface area (Å²) < 4.78 is 2.21. The minimum Gasteiger partial charge on any atom is -0.342 e. The number of fused-ring (bicyclic) bond motifs is 1. The Morgan fingerprint density at radius 3 is 2.69 bits per heavy atom. The van der Waals surface area contributed by atoms with E-state index in [1.807, 2.05) is 41.8 Å². The number of benzene rings is 2. The van der Waals surface area contributed by atoms with E-state index in [-0.39, 0.29) is 5.78 Å². The molecule has 0 bridgehead atoms. The zero-order valence-electron chi connectivity index (χ0n) is 15.4.